The molecule has 2 saturated carbocycles. The highest BCUT2D eigenvalue weighted by Crippen LogP contribution is 2.30. The van der Waals surface area contributed by atoms with E-state index in [1.165, 1.54) is 57.8 Å². The van der Waals surface area contributed by atoms with Crippen LogP contribution < -0.4 is 11.1 Å². The van der Waals surface area contributed by atoms with Crippen molar-refractivity contribution >= 4 is 5.96 Å². The standard InChI is InChI=1S/C15H29N3/c1-12-6-8-13(9-7-12)10-11-17-15(16)18-14-4-2-3-5-14/h12-14H,2-11H2,1H3,(H3,16,17,18). The number of rotatable bonds is 4. The Labute approximate surface area is 112 Å². The van der Waals surface area contributed by atoms with Gasteiger partial charge in [0.05, 0.1) is 0 Å². The van der Waals surface area contributed by atoms with Crippen molar-refractivity contribution in [1.29, 1.82) is 0 Å². The largest absolute Gasteiger partial charge is 0.370 e. The lowest BCUT2D eigenvalue weighted by atomic mass is 9.81. The fourth-order valence-electron chi connectivity index (χ4n) is 3.31. The molecule has 0 atom stereocenters. The minimum absolute atomic E-state index is 0.587. The van der Waals surface area contributed by atoms with Crippen LogP contribution in [0.15, 0.2) is 4.99 Å². The molecular weight excluding hydrogens is 222 g/mol. The van der Waals surface area contributed by atoms with Crippen molar-refractivity contribution in [3.63, 3.8) is 0 Å². The van der Waals surface area contributed by atoms with Crippen LogP contribution >= 0.6 is 0 Å². The molecule has 0 radical (unpaired) electrons. The highest BCUT2D eigenvalue weighted by molar-refractivity contribution is 5.78. The number of guanidine groups is 1. The van der Waals surface area contributed by atoms with Crippen LogP contribution in [0.4, 0.5) is 0 Å². The number of nitrogens with two attached hydrogens (primary N) is 1. The van der Waals surface area contributed by atoms with E-state index in [9.17, 15) is 0 Å². The fraction of sp³-hybridized carbons (Fsp3) is 0.933. The lowest BCUT2D eigenvalue weighted by Gasteiger charge is -2.25. The lowest BCUT2D eigenvalue weighted by molar-refractivity contribution is 0.280. The Balaban J connectivity index is 1.60. The predicted molar refractivity (Wildman–Crippen MR) is 77.6 cm³/mol. The first-order valence-corrected chi connectivity index (χ1v) is 7.80. The van der Waals surface area contributed by atoms with Crippen LogP contribution in [-0.4, -0.2) is 18.5 Å². The molecule has 0 bridgehead atoms. The van der Waals surface area contributed by atoms with Crippen LogP contribution in [-0.2, 0) is 0 Å². The van der Waals surface area contributed by atoms with Crippen LogP contribution in [0.5, 0.6) is 0 Å². The summed E-state index contributed by atoms with van der Waals surface area (Å²) in [6.07, 6.45) is 12.0. The van der Waals surface area contributed by atoms with E-state index in [0.717, 1.165) is 18.4 Å². The SMILES string of the molecule is CC1CCC(CCN=C(N)NC2CCCC2)CC1. The number of hydrogen-bond donors (Lipinski definition) is 2. The van der Waals surface area contributed by atoms with E-state index < -0.39 is 0 Å². The Morgan fingerprint density at radius 2 is 1.78 bits per heavy atom. The molecule has 0 heterocycles. The van der Waals surface area contributed by atoms with Crippen LogP contribution in [0.1, 0.15) is 64.7 Å². The molecule has 2 fully saturated rings. The van der Waals surface area contributed by atoms with E-state index in [-0.39, 0.29) is 0 Å². The van der Waals surface area contributed by atoms with Crippen molar-refractivity contribution in [3.05, 3.63) is 0 Å². The summed E-state index contributed by atoms with van der Waals surface area (Å²) >= 11 is 0. The summed E-state index contributed by atoms with van der Waals surface area (Å²) in [5.74, 6) is 2.51. The van der Waals surface area contributed by atoms with E-state index in [2.05, 4.69) is 17.2 Å². The minimum atomic E-state index is 0.587. The lowest BCUT2D eigenvalue weighted by Crippen LogP contribution is -2.38. The molecule has 2 rings (SSSR count). The normalized spacial score (nSPS) is 30.6. The Morgan fingerprint density at radius 3 is 2.44 bits per heavy atom. The van der Waals surface area contributed by atoms with Gasteiger partial charge < -0.3 is 11.1 Å². The maximum Gasteiger partial charge on any atom is 0.188 e. The van der Waals surface area contributed by atoms with Crippen LogP contribution in [0, 0.1) is 11.8 Å². The van der Waals surface area contributed by atoms with Crippen molar-refractivity contribution in [2.45, 2.75) is 70.8 Å². The predicted octanol–water partition coefficient (Wildman–Crippen LogP) is 3.05. The summed E-state index contributed by atoms with van der Waals surface area (Å²) in [6, 6.07) is 0.587. The zero-order valence-electron chi connectivity index (χ0n) is 11.8. The smallest absolute Gasteiger partial charge is 0.188 e. The second kappa shape index (κ2) is 7.01. The molecule has 0 aromatic heterocycles. The van der Waals surface area contributed by atoms with Crippen molar-refractivity contribution in [2.24, 2.45) is 22.6 Å². The van der Waals surface area contributed by atoms with E-state index in [1.807, 2.05) is 0 Å². The molecule has 2 aliphatic rings. The first-order chi connectivity index (χ1) is 8.74. The third-order valence-electron chi connectivity index (χ3n) is 4.66. The van der Waals surface area contributed by atoms with Crippen molar-refractivity contribution < 1.29 is 0 Å². The number of aliphatic imine (C=N–C) groups is 1. The highest BCUT2D eigenvalue weighted by Gasteiger charge is 2.18. The first-order valence-electron chi connectivity index (χ1n) is 7.80. The number of nitrogens with zero attached hydrogens (tertiary/aromatic N) is 1. The van der Waals surface area contributed by atoms with Crippen molar-refractivity contribution in [3.8, 4) is 0 Å². The molecule has 104 valence electrons. The van der Waals surface area contributed by atoms with E-state index in [0.29, 0.717) is 12.0 Å². The quantitative estimate of drug-likeness (QED) is 0.596. The van der Waals surface area contributed by atoms with Gasteiger partial charge in [0.2, 0.25) is 0 Å². The molecule has 3 N–H and O–H groups in total. The van der Waals surface area contributed by atoms with Crippen LogP contribution in [0.25, 0.3) is 0 Å². The van der Waals surface area contributed by atoms with Gasteiger partial charge in [-0.1, -0.05) is 45.4 Å². The summed E-state index contributed by atoms with van der Waals surface area (Å²) in [5, 5.41) is 3.35. The number of nitrogens with one attached hydrogen (secondary N) is 1. The zero-order chi connectivity index (χ0) is 12.8. The fourth-order valence-corrected chi connectivity index (χ4v) is 3.31. The van der Waals surface area contributed by atoms with Gasteiger partial charge >= 0.3 is 0 Å². The van der Waals surface area contributed by atoms with Gasteiger partial charge in [-0.25, -0.2) is 0 Å². The van der Waals surface area contributed by atoms with Gasteiger partial charge in [0.15, 0.2) is 5.96 Å². The Hall–Kier alpha value is -0.730. The minimum Gasteiger partial charge on any atom is -0.370 e. The first kappa shape index (κ1) is 13.7. The Morgan fingerprint density at radius 1 is 1.11 bits per heavy atom. The molecule has 0 amide bonds. The maximum absolute atomic E-state index is 5.93. The van der Waals surface area contributed by atoms with Gasteiger partial charge in [-0.3, -0.25) is 4.99 Å². The second-order valence-electron chi connectivity index (χ2n) is 6.31. The molecule has 0 spiro atoms. The maximum atomic E-state index is 5.93. The van der Waals surface area contributed by atoms with E-state index in [4.69, 9.17) is 5.73 Å². The van der Waals surface area contributed by atoms with Gasteiger partial charge in [0.25, 0.3) is 0 Å². The zero-order valence-corrected chi connectivity index (χ0v) is 11.8. The second-order valence-corrected chi connectivity index (χ2v) is 6.31. The molecule has 2 aliphatic carbocycles. The molecule has 0 aromatic rings. The highest BCUT2D eigenvalue weighted by atomic mass is 15.1. The van der Waals surface area contributed by atoms with Crippen LogP contribution in [0.2, 0.25) is 0 Å². The molecule has 0 unspecified atom stereocenters. The third-order valence-corrected chi connectivity index (χ3v) is 4.66. The monoisotopic (exact) mass is 251 g/mol. The topological polar surface area (TPSA) is 50.4 Å². The van der Waals surface area contributed by atoms with Gasteiger partial charge in [0.1, 0.15) is 0 Å². The van der Waals surface area contributed by atoms with E-state index >= 15 is 0 Å². The summed E-state index contributed by atoms with van der Waals surface area (Å²) in [7, 11) is 0. The van der Waals surface area contributed by atoms with Gasteiger partial charge in [-0.05, 0) is 31.1 Å². The Kier molecular flexibility index (Phi) is 5.33. The summed E-state index contributed by atoms with van der Waals surface area (Å²) in [4.78, 5) is 4.48. The van der Waals surface area contributed by atoms with Gasteiger partial charge in [-0.15, -0.1) is 0 Å². The average molecular weight is 251 g/mol. The molecule has 18 heavy (non-hydrogen) atoms. The summed E-state index contributed by atoms with van der Waals surface area (Å²) < 4.78 is 0. The molecule has 3 heteroatoms. The number of hydrogen-bond acceptors (Lipinski definition) is 1. The molecule has 0 aliphatic heterocycles. The molecule has 0 aromatic carbocycles. The molecule has 3 nitrogen and oxygen atoms in total. The van der Waals surface area contributed by atoms with Gasteiger partial charge in [0, 0.05) is 12.6 Å². The van der Waals surface area contributed by atoms with Crippen molar-refractivity contribution in [1.82, 2.24) is 5.32 Å². The molecular formula is C15H29N3. The van der Waals surface area contributed by atoms with Gasteiger partial charge in [-0.2, -0.15) is 0 Å². The Bertz CT molecular complexity index is 261. The van der Waals surface area contributed by atoms with Crippen molar-refractivity contribution in [2.75, 3.05) is 6.54 Å². The summed E-state index contributed by atoms with van der Waals surface area (Å²) in [5.41, 5.74) is 5.93. The average Bonchev–Trinajstić information content (AvgIpc) is 2.84. The van der Waals surface area contributed by atoms with Crippen LogP contribution in [0.3, 0.4) is 0 Å². The van der Waals surface area contributed by atoms with E-state index in [1.54, 1.807) is 0 Å². The summed E-state index contributed by atoms with van der Waals surface area (Å²) in [6.45, 7) is 3.28. The third kappa shape index (κ3) is 4.51. The molecule has 0 saturated heterocycles.